The van der Waals surface area contributed by atoms with E-state index < -0.39 is 30.6 Å². The minimum Gasteiger partial charge on any atom is -0.459 e. The van der Waals surface area contributed by atoms with Gasteiger partial charge in [-0.15, -0.1) is 0 Å². The lowest BCUT2D eigenvalue weighted by molar-refractivity contribution is -0.152. The number of likely N-dealkylation sites (tertiary alicyclic amines) is 1. The van der Waals surface area contributed by atoms with Gasteiger partial charge in [-0.2, -0.15) is 0 Å². The topological polar surface area (TPSA) is 118 Å². The number of ether oxygens (including phenoxy) is 1. The molecule has 9 heteroatoms. The number of carbonyl (C=O) groups excluding carboxylic acids is 4. The van der Waals surface area contributed by atoms with E-state index in [0.717, 1.165) is 19.3 Å². The number of amides is 4. The predicted octanol–water partition coefficient (Wildman–Crippen LogP) is 2.22. The Bertz CT molecular complexity index is 876. The Morgan fingerprint density at radius 2 is 1.78 bits per heavy atom. The second-order valence-electron chi connectivity index (χ2n) is 9.94. The number of rotatable bonds is 5. The van der Waals surface area contributed by atoms with Crippen LogP contribution in [0.5, 0.6) is 0 Å². The van der Waals surface area contributed by atoms with Gasteiger partial charge in [-0.25, -0.2) is 9.59 Å². The molecular weight excluding hydrogens is 414 g/mol. The molecule has 6 rings (SSSR count). The number of furan rings is 1. The number of nitrogens with one attached hydrogen (secondary N) is 2. The molecular formula is C23H29N3O6. The molecule has 172 valence electrons. The Hall–Kier alpha value is -2.84. The van der Waals surface area contributed by atoms with Crippen LogP contribution in [0.15, 0.2) is 22.8 Å². The SMILES string of the molecule is O=C(COC(=O)C1CCCN1C(=O)c1ccco1)NC(=O)NC12CC3CC(CC(C3)C1)C2. The fourth-order valence-corrected chi connectivity index (χ4v) is 6.73. The van der Waals surface area contributed by atoms with E-state index in [2.05, 4.69) is 10.6 Å². The molecule has 1 aromatic heterocycles. The minimum atomic E-state index is -0.763. The molecule has 2 N–H and O–H groups in total. The molecule has 9 nitrogen and oxygen atoms in total. The standard InChI is InChI=1S/C23H29N3O6/c27-19(24-22(30)25-23-10-14-7-15(11-23)9-16(8-14)12-23)13-32-21(29)17-3-1-5-26(17)20(28)18-4-2-6-31-18/h2,4,6,14-17H,1,3,5,7-13H2,(H2,24,25,27,30). The first-order valence-corrected chi connectivity index (χ1v) is 11.5. The summed E-state index contributed by atoms with van der Waals surface area (Å²) in [5.41, 5.74) is -0.202. The van der Waals surface area contributed by atoms with Crippen LogP contribution < -0.4 is 10.6 Å². The summed E-state index contributed by atoms with van der Waals surface area (Å²) in [5.74, 6) is 0.475. The lowest BCUT2D eigenvalue weighted by Gasteiger charge is -2.56. The maximum absolute atomic E-state index is 12.5. The molecule has 1 aromatic rings. The van der Waals surface area contributed by atoms with Crippen molar-refractivity contribution in [2.45, 2.75) is 62.9 Å². The maximum Gasteiger partial charge on any atom is 0.329 e. The molecule has 4 amide bonds. The first-order chi connectivity index (χ1) is 15.4. The van der Waals surface area contributed by atoms with Crippen LogP contribution in [0.4, 0.5) is 4.79 Å². The molecule has 5 fully saturated rings. The summed E-state index contributed by atoms with van der Waals surface area (Å²) in [6.45, 7) is -0.147. The Labute approximate surface area is 186 Å². The highest BCUT2D eigenvalue weighted by molar-refractivity contribution is 5.97. The molecule has 1 atom stereocenters. The summed E-state index contributed by atoms with van der Waals surface area (Å²) in [4.78, 5) is 51.1. The Kier molecular flexibility index (Phi) is 5.43. The van der Waals surface area contributed by atoms with Crippen molar-refractivity contribution < 1.29 is 28.3 Å². The van der Waals surface area contributed by atoms with Crippen LogP contribution in [0.3, 0.4) is 0 Å². The van der Waals surface area contributed by atoms with E-state index >= 15 is 0 Å². The minimum absolute atomic E-state index is 0.156. The van der Waals surface area contributed by atoms with E-state index in [1.54, 1.807) is 12.1 Å². The molecule has 1 unspecified atom stereocenters. The molecule has 4 aliphatic carbocycles. The van der Waals surface area contributed by atoms with Gasteiger partial charge in [-0.05, 0) is 81.3 Å². The highest BCUT2D eigenvalue weighted by Gasteiger charge is 2.51. The average molecular weight is 444 g/mol. The number of urea groups is 1. The second-order valence-corrected chi connectivity index (χ2v) is 9.94. The van der Waals surface area contributed by atoms with Crippen LogP contribution in [0.1, 0.15) is 61.9 Å². The van der Waals surface area contributed by atoms with Crippen molar-refractivity contribution in [3.63, 3.8) is 0 Å². The van der Waals surface area contributed by atoms with E-state index in [4.69, 9.17) is 9.15 Å². The molecule has 0 aromatic carbocycles. The van der Waals surface area contributed by atoms with E-state index in [1.807, 2.05) is 0 Å². The van der Waals surface area contributed by atoms with Crippen LogP contribution in [0.25, 0.3) is 0 Å². The first kappa shape index (κ1) is 21.0. The van der Waals surface area contributed by atoms with Gasteiger partial charge in [0.15, 0.2) is 12.4 Å². The van der Waals surface area contributed by atoms with E-state index in [0.29, 0.717) is 37.1 Å². The Morgan fingerprint density at radius 1 is 1.09 bits per heavy atom. The summed E-state index contributed by atoms with van der Waals surface area (Å²) in [7, 11) is 0. The molecule has 4 saturated carbocycles. The number of hydrogen-bond acceptors (Lipinski definition) is 6. The average Bonchev–Trinajstić information content (AvgIpc) is 3.42. The number of carbonyl (C=O) groups is 4. The van der Waals surface area contributed by atoms with Crippen molar-refractivity contribution in [2.75, 3.05) is 13.2 Å². The molecule has 32 heavy (non-hydrogen) atoms. The monoisotopic (exact) mass is 443 g/mol. The van der Waals surface area contributed by atoms with E-state index in [-0.39, 0.29) is 17.2 Å². The lowest BCUT2D eigenvalue weighted by atomic mass is 9.53. The molecule has 1 saturated heterocycles. The third kappa shape index (κ3) is 4.12. The van der Waals surface area contributed by atoms with Crippen molar-refractivity contribution in [3.05, 3.63) is 24.2 Å². The van der Waals surface area contributed by atoms with Crippen molar-refractivity contribution in [2.24, 2.45) is 17.8 Å². The summed E-state index contributed by atoms with van der Waals surface area (Å²) in [6.07, 6.45) is 9.25. The van der Waals surface area contributed by atoms with Gasteiger partial charge in [0.1, 0.15) is 6.04 Å². The smallest absolute Gasteiger partial charge is 0.329 e. The maximum atomic E-state index is 12.5. The van der Waals surface area contributed by atoms with Crippen LogP contribution >= 0.6 is 0 Å². The molecule has 0 spiro atoms. The van der Waals surface area contributed by atoms with Gasteiger partial charge in [0.05, 0.1) is 6.26 Å². The highest BCUT2D eigenvalue weighted by Crippen LogP contribution is 2.55. The van der Waals surface area contributed by atoms with Crippen molar-refractivity contribution in [3.8, 4) is 0 Å². The van der Waals surface area contributed by atoms with Crippen molar-refractivity contribution in [1.82, 2.24) is 15.5 Å². The molecule has 4 bridgehead atoms. The Morgan fingerprint density at radius 3 is 2.41 bits per heavy atom. The normalized spacial score (nSPS) is 32.6. The molecule has 5 aliphatic rings. The van der Waals surface area contributed by atoms with Crippen molar-refractivity contribution in [1.29, 1.82) is 0 Å². The molecule has 0 radical (unpaired) electrons. The first-order valence-electron chi connectivity index (χ1n) is 11.5. The van der Waals surface area contributed by atoms with Crippen LogP contribution in [-0.2, 0) is 14.3 Å². The predicted molar refractivity (Wildman–Crippen MR) is 111 cm³/mol. The van der Waals surface area contributed by atoms with Gasteiger partial charge in [0.25, 0.3) is 11.8 Å². The molecule has 2 heterocycles. The highest BCUT2D eigenvalue weighted by atomic mass is 16.5. The summed E-state index contributed by atoms with van der Waals surface area (Å²) < 4.78 is 10.3. The van der Waals surface area contributed by atoms with Gasteiger partial charge in [-0.1, -0.05) is 0 Å². The zero-order valence-corrected chi connectivity index (χ0v) is 18.0. The number of hydrogen-bond donors (Lipinski definition) is 2. The third-order valence-corrected chi connectivity index (χ3v) is 7.53. The van der Waals surface area contributed by atoms with Gasteiger partial charge in [0.2, 0.25) is 0 Å². The zero-order valence-electron chi connectivity index (χ0n) is 18.0. The summed E-state index contributed by atoms with van der Waals surface area (Å²) in [6, 6.07) is 1.86. The largest absolute Gasteiger partial charge is 0.459 e. The van der Waals surface area contributed by atoms with Gasteiger partial charge < -0.3 is 19.4 Å². The van der Waals surface area contributed by atoms with Gasteiger partial charge >= 0.3 is 12.0 Å². The van der Waals surface area contributed by atoms with Crippen LogP contribution in [-0.4, -0.2) is 53.4 Å². The number of nitrogens with zero attached hydrogens (tertiary/aromatic N) is 1. The van der Waals surface area contributed by atoms with E-state index in [9.17, 15) is 19.2 Å². The lowest BCUT2D eigenvalue weighted by Crippen LogP contribution is -2.62. The van der Waals surface area contributed by atoms with Crippen LogP contribution in [0.2, 0.25) is 0 Å². The summed E-state index contributed by atoms with van der Waals surface area (Å²) >= 11 is 0. The summed E-state index contributed by atoms with van der Waals surface area (Å²) in [5, 5.41) is 5.36. The van der Waals surface area contributed by atoms with Gasteiger partial charge in [-0.3, -0.25) is 14.9 Å². The number of imide groups is 1. The fraction of sp³-hybridized carbons (Fsp3) is 0.652. The van der Waals surface area contributed by atoms with Crippen molar-refractivity contribution >= 4 is 23.8 Å². The quantitative estimate of drug-likeness (QED) is 0.674. The number of esters is 1. The third-order valence-electron chi connectivity index (χ3n) is 7.53. The van der Waals surface area contributed by atoms with Gasteiger partial charge in [0, 0.05) is 12.1 Å². The second kappa shape index (κ2) is 8.26. The Balaban J connectivity index is 1.10. The van der Waals surface area contributed by atoms with E-state index in [1.165, 1.54) is 30.4 Å². The zero-order chi connectivity index (χ0) is 22.3. The molecule has 1 aliphatic heterocycles. The fourth-order valence-electron chi connectivity index (χ4n) is 6.73. The van der Waals surface area contributed by atoms with Crippen LogP contribution in [0, 0.1) is 17.8 Å².